The second-order valence-corrected chi connectivity index (χ2v) is 8.54. The Morgan fingerprint density at radius 3 is 2.38 bits per heavy atom. The maximum absolute atomic E-state index is 12.2. The standard InChI is InChI=1S/C14H23NO5S/c1-2-9-5-11(12(6-9)14(17)18)13(16)15-7-10-3-4-21(19,20)8-10/h9-12H,2-8H2,1H3,(H,15,16)(H,17,18)/t9?,10?,11-,12+/m0/s1. The minimum absolute atomic E-state index is 0.0365. The molecule has 1 saturated carbocycles. The molecule has 2 unspecified atom stereocenters. The average molecular weight is 317 g/mol. The minimum atomic E-state index is -2.94. The van der Waals surface area contributed by atoms with Gasteiger partial charge in [0.25, 0.3) is 0 Å². The molecule has 2 N–H and O–H groups in total. The summed E-state index contributed by atoms with van der Waals surface area (Å²) < 4.78 is 22.7. The number of aliphatic carboxylic acids is 1. The Kier molecular flexibility index (Phi) is 4.91. The van der Waals surface area contributed by atoms with Gasteiger partial charge in [-0.15, -0.1) is 0 Å². The van der Waals surface area contributed by atoms with Crippen LogP contribution in [0.4, 0.5) is 0 Å². The van der Waals surface area contributed by atoms with Gasteiger partial charge in [0, 0.05) is 6.54 Å². The quantitative estimate of drug-likeness (QED) is 0.776. The largest absolute Gasteiger partial charge is 0.481 e. The van der Waals surface area contributed by atoms with E-state index in [9.17, 15) is 23.1 Å². The summed E-state index contributed by atoms with van der Waals surface area (Å²) in [6.07, 6.45) is 2.63. The van der Waals surface area contributed by atoms with Gasteiger partial charge in [-0.05, 0) is 31.1 Å². The summed E-state index contributed by atoms with van der Waals surface area (Å²) >= 11 is 0. The molecule has 0 aromatic heterocycles. The van der Waals surface area contributed by atoms with Crippen molar-refractivity contribution >= 4 is 21.7 Å². The first-order valence-electron chi connectivity index (χ1n) is 7.53. The van der Waals surface area contributed by atoms with Crippen LogP contribution in [0, 0.1) is 23.7 Å². The van der Waals surface area contributed by atoms with Gasteiger partial charge in [-0.25, -0.2) is 8.42 Å². The first-order chi connectivity index (χ1) is 9.82. The normalized spacial score (nSPS) is 34.7. The van der Waals surface area contributed by atoms with Crippen molar-refractivity contribution in [3.8, 4) is 0 Å². The summed E-state index contributed by atoms with van der Waals surface area (Å²) in [5.41, 5.74) is 0. The fourth-order valence-electron chi connectivity index (χ4n) is 3.45. The van der Waals surface area contributed by atoms with E-state index >= 15 is 0 Å². The van der Waals surface area contributed by atoms with Crippen LogP contribution < -0.4 is 5.32 Å². The van der Waals surface area contributed by atoms with E-state index in [1.54, 1.807) is 0 Å². The molecule has 0 bridgehead atoms. The zero-order valence-electron chi connectivity index (χ0n) is 12.2. The molecular formula is C14H23NO5S. The summed E-state index contributed by atoms with van der Waals surface area (Å²) in [5.74, 6) is -1.67. The Morgan fingerprint density at radius 1 is 1.19 bits per heavy atom. The number of carboxylic acids is 1. The van der Waals surface area contributed by atoms with Gasteiger partial charge in [0.15, 0.2) is 9.84 Å². The predicted octanol–water partition coefficient (Wildman–Crippen LogP) is 0.674. The van der Waals surface area contributed by atoms with Crippen LogP contribution in [-0.2, 0) is 19.4 Å². The molecule has 7 heteroatoms. The van der Waals surface area contributed by atoms with Gasteiger partial charge >= 0.3 is 5.97 Å². The molecule has 1 aliphatic carbocycles. The molecule has 0 aromatic carbocycles. The van der Waals surface area contributed by atoms with Crippen LogP contribution in [0.2, 0.25) is 0 Å². The van der Waals surface area contributed by atoms with E-state index in [0.29, 0.717) is 25.8 Å². The molecule has 0 spiro atoms. The third-order valence-corrected chi connectivity index (χ3v) is 6.62. The highest BCUT2D eigenvalue weighted by Gasteiger charge is 2.42. The highest BCUT2D eigenvalue weighted by molar-refractivity contribution is 7.91. The van der Waals surface area contributed by atoms with E-state index in [2.05, 4.69) is 5.32 Å². The SMILES string of the molecule is CCC1C[C@H](C(=O)NCC2CCS(=O)(=O)C2)[C@H](C(=O)O)C1. The molecule has 6 nitrogen and oxygen atoms in total. The van der Waals surface area contributed by atoms with Crippen molar-refractivity contribution in [3.05, 3.63) is 0 Å². The van der Waals surface area contributed by atoms with Crippen LogP contribution in [0.1, 0.15) is 32.6 Å². The molecule has 4 atom stereocenters. The maximum atomic E-state index is 12.2. The van der Waals surface area contributed by atoms with Gasteiger partial charge in [-0.1, -0.05) is 13.3 Å². The number of nitrogens with one attached hydrogen (secondary N) is 1. The highest BCUT2D eigenvalue weighted by Crippen LogP contribution is 2.38. The van der Waals surface area contributed by atoms with Gasteiger partial charge in [-0.3, -0.25) is 9.59 Å². The number of hydrogen-bond donors (Lipinski definition) is 2. The van der Waals surface area contributed by atoms with Gasteiger partial charge in [-0.2, -0.15) is 0 Å². The predicted molar refractivity (Wildman–Crippen MR) is 77.4 cm³/mol. The first kappa shape index (κ1) is 16.3. The molecule has 2 aliphatic rings. The molecule has 1 amide bonds. The topological polar surface area (TPSA) is 101 Å². The molecule has 21 heavy (non-hydrogen) atoms. The van der Waals surface area contributed by atoms with Gasteiger partial charge in [0.1, 0.15) is 0 Å². The molecular weight excluding hydrogens is 294 g/mol. The summed E-state index contributed by atoms with van der Waals surface area (Å²) in [4.78, 5) is 23.5. The molecule has 1 aliphatic heterocycles. The Morgan fingerprint density at radius 2 is 1.86 bits per heavy atom. The lowest BCUT2D eigenvalue weighted by Crippen LogP contribution is -2.38. The van der Waals surface area contributed by atoms with Crippen molar-refractivity contribution in [2.45, 2.75) is 32.6 Å². The number of amides is 1. The smallest absolute Gasteiger partial charge is 0.307 e. The monoisotopic (exact) mass is 317 g/mol. The number of carboxylic acid groups (broad SMARTS) is 1. The first-order valence-corrected chi connectivity index (χ1v) is 9.35. The number of rotatable bonds is 5. The lowest BCUT2D eigenvalue weighted by atomic mass is 9.95. The molecule has 0 aromatic rings. The Hall–Kier alpha value is -1.11. The number of hydrogen-bond acceptors (Lipinski definition) is 4. The van der Waals surface area contributed by atoms with Crippen molar-refractivity contribution in [1.82, 2.24) is 5.32 Å². The summed E-state index contributed by atoms with van der Waals surface area (Å²) in [7, 11) is -2.94. The fraction of sp³-hybridized carbons (Fsp3) is 0.857. The number of carbonyl (C=O) groups is 2. The minimum Gasteiger partial charge on any atom is -0.481 e. The highest BCUT2D eigenvalue weighted by atomic mass is 32.2. The van der Waals surface area contributed by atoms with Crippen LogP contribution in [0.5, 0.6) is 0 Å². The lowest BCUT2D eigenvalue weighted by Gasteiger charge is -2.17. The van der Waals surface area contributed by atoms with Crippen molar-refractivity contribution in [2.75, 3.05) is 18.1 Å². The molecule has 2 rings (SSSR count). The Labute approximate surface area is 125 Å². The van der Waals surface area contributed by atoms with Crippen molar-refractivity contribution in [3.63, 3.8) is 0 Å². The third-order valence-electron chi connectivity index (χ3n) is 4.78. The van der Waals surface area contributed by atoms with E-state index in [-0.39, 0.29) is 29.2 Å². The van der Waals surface area contributed by atoms with Crippen LogP contribution >= 0.6 is 0 Å². The third kappa shape index (κ3) is 3.96. The van der Waals surface area contributed by atoms with E-state index in [1.165, 1.54) is 0 Å². The molecule has 0 radical (unpaired) electrons. The van der Waals surface area contributed by atoms with Crippen LogP contribution in [0.25, 0.3) is 0 Å². The fourth-order valence-corrected chi connectivity index (χ4v) is 5.31. The number of carbonyl (C=O) groups excluding carboxylic acids is 1. The zero-order chi connectivity index (χ0) is 15.6. The van der Waals surface area contributed by atoms with E-state index in [4.69, 9.17) is 0 Å². The van der Waals surface area contributed by atoms with Crippen molar-refractivity contribution < 1.29 is 23.1 Å². The second-order valence-electron chi connectivity index (χ2n) is 6.31. The summed E-state index contributed by atoms with van der Waals surface area (Å²) in [6, 6.07) is 0. The molecule has 1 heterocycles. The van der Waals surface area contributed by atoms with Gasteiger partial charge in [0.2, 0.25) is 5.91 Å². The van der Waals surface area contributed by atoms with Crippen LogP contribution in [-0.4, -0.2) is 43.5 Å². The molecule has 1 saturated heterocycles. The van der Waals surface area contributed by atoms with Gasteiger partial charge < -0.3 is 10.4 Å². The lowest BCUT2D eigenvalue weighted by molar-refractivity contribution is -0.146. The summed E-state index contributed by atoms with van der Waals surface area (Å²) in [5, 5.41) is 12.0. The van der Waals surface area contributed by atoms with Crippen LogP contribution in [0.15, 0.2) is 0 Å². The summed E-state index contributed by atoms with van der Waals surface area (Å²) in [6.45, 7) is 2.34. The maximum Gasteiger partial charge on any atom is 0.307 e. The Balaban J connectivity index is 1.89. The Bertz CT molecular complexity index is 515. The van der Waals surface area contributed by atoms with E-state index in [1.807, 2.05) is 6.92 Å². The second kappa shape index (κ2) is 6.34. The van der Waals surface area contributed by atoms with Crippen molar-refractivity contribution in [1.29, 1.82) is 0 Å². The number of sulfone groups is 1. The van der Waals surface area contributed by atoms with Crippen LogP contribution in [0.3, 0.4) is 0 Å². The van der Waals surface area contributed by atoms with E-state index < -0.39 is 27.6 Å². The average Bonchev–Trinajstić information content (AvgIpc) is 2.99. The molecule has 2 fully saturated rings. The van der Waals surface area contributed by atoms with Crippen molar-refractivity contribution in [2.24, 2.45) is 23.7 Å². The van der Waals surface area contributed by atoms with Gasteiger partial charge in [0.05, 0.1) is 23.3 Å². The van der Waals surface area contributed by atoms with E-state index in [0.717, 1.165) is 6.42 Å². The zero-order valence-corrected chi connectivity index (χ0v) is 13.1. The molecule has 120 valence electrons.